The summed E-state index contributed by atoms with van der Waals surface area (Å²) in [5.41, 5.74) is 5.78. The number of nitriles is 2. The van der Waals surface area contributed by atoms with Crippen molar-refractivity contribution in [1.29, 1.82) is 10.5 Å². The Hall–Kier alpha value is -5.12. The van der Waals surface area contributed by atoms with Crippen molar-refractivity contribution in [3.05, 3.63) is 78.5 Å². The molecule has 2 rings (SSSR count). The third kappa shape index (κ3) is 14.4. The Morgan fingerprint density at radius 3 is 1.98 bits per heavy atom. The van der Waals surface area contributed by atoms with Gasteiger partial charge in [-0.05, 0) is 32.9 Å². The standard InChI is InChI=1S/C12H12ClN3O4.C8H11NO3.C6H5ClN2O2/c1-2-20-12(17)8(6-14)7-15-11-4-3-9(16(18)19)5-10(11)13;1-3-11-6-7(5-9)8(10)12-4-2;7-5-3-4(9(10)11)1-2-6(5)8/h3-5,8,15H,2,7H2,1H3;6H,3-4H2,1-2H3;1-3H,8H2/b;7-6-;. The van der Waals surface area contributed by atoms with Gasteiger partial charge in [-0.3, -0.25) is 25.0 Å². The minimum Gasteiger partial charge on any atom is -0.500 e. The van der Waals surface area contributed by atoms with Crippen LogP contribution in [0.1, 0.15) is 20.8 Å². The maximum Gasteiger partial charge on any atom is 0.352 e. The number of nitrogen functional groups attached to an aromatic ring is 1. The molecule has 0 spiro atoms. The van der Waals surface area contributed by atoms with Gasteiger partial charge in [0.05, 0.1) is 57.2 Å². The molecular weight excluding hydrogens is 611 g/mol. The normalized spacial score (nSPS) is 10.5. The van der Waals surface area contributed by atoms with Crippen LogP contribution in [0.5, 0.6) is 0 Å². The predicted molar refractivity (Wildman–Crippen MR) is 157 cm³/mol. The average molecular weight is 639 g/mol. The van der Waals surface area contributed by atoms with Crippen LogP contribution >= 0.6 is 23.2 Å². The monoisotopic (exact) mass is 638 g/mol. The average Bonchev–Trinajstić information content (AvgIpc) is 2.96. The summed E-state index contributed by atoms with van der Waals surface area (Å²) < 4.78 is 14.1. The molecule has 2 aromatic carbocycles. The SMILES string of the molecule is CCO/C=C(/C#N)C(=O)OCC.CCOC(=O)C(C#N)CNc1ccc([N+](=O)[O-])cc1Cl.Nc1ccc([N+](=O)[O-])cc1Cl. The molecule has 0 amide bonds. The zero-order valence-corrected chi connectivity index (χ0v) is 24.8. The van der Waals surface area contributed by atoms with Gasteiger partial charge in [0, 0.05) is 30.8 Å². The Morgan fingerprint density at radius 2 is 1.53 bits per heavy atom. The van der Waals surface area contributed by atoms with Gasteiger partial charge in [-0.25, -0.2) is 4.79 Å². The number of non-ortho nitro benzene ring substituents is 2. The molecule has 17 heteroatoms. The zero-order valence-electron chi connectivity index (χ0n) is 23.2. The lowest BCUT2D eigenvalue weighted by molar-refractivity contribution is -0.385. The molecule has 15 nitrogen and oxygen atoms in total. The number of hydrogen-bond donors (Lipinski definition) is 2. The van der Waals surface area contributed by atoms with Gasteiger partial charge in [0.1, 0.15) is 12.3 Å². The lowest BCUT2D eigenvalue weighted by atomic mass is 10.1. The van der Waals surface area contributed by atoms with Crippen LogP contribution in [0.3, 0.4) is 0 Å². The van der Waals surface area contributed by atoms with Crippen molar-refractivity contribution in [2.24, 2.45) is 5.92 Å². The third-order valence-electron chi connectivity index (χ3n) is 4.57. The number of carbonyl (C=O) groups excluding carboxylic acids is 2. The van der Waals surface area contributed by atoms with Crippen molar-refractivity contribution < 1.29 is 33.6 Å². The molecule has 1 unspecified atom stereocenters. The maximum absolute atomic E-state index is 11.4. The largest absolute Gasteiger partial charge is 0.500 e. The van der Waals surface area contributed by atoms with Gasteiger partial charge in [0.2, 0.25) is 0 Å². The van der Waals surface area contributed by atoms with Crippen LogP contribution in [-0.2, 0) is 23.8 Å². The second-order valence-corrected chi connectivity index (χ2v) is 8.33. The van der Waals surface area contributed by atoms with E-state index in [1.54, 1.807) is 26.8 Å². The summed E-state index contributed by atoms with van der Waals surface area (Å²) >= 11 is 11.4. The summed E-state index contributed by atoms with van der Waals surface area (Å²) in [4.78, 5) is 41.9. The highest BCUT2D eigenvalue weighted by molar-refractivity contribution is 6.33. The summed E-state index contributed by atoms with van der Waals surface area (Å²) in [6, 6.07) is 11.3. The van der Waals surface area contributed by atoms with Gasteiger partial charge in [0.25, 0.3) is 11.4 Å². The number of nitrogens with one attached hydrogen (secondary N) is 1. The number of ether oxygens (including phenoxy) is 3. The first kappa shape index (κ1) is 37.9. The van der Waals surface area contributed by atoms with Crippen LogP contribution in [-0.4, -0.2) is 48.2 Å². The van der Waals surface area contributed by atoms with E-state index in [0.29, 0.717) is 18.0 Å². The summed E-state index contributed by atoms with van der Waals surface area (Å²) in [6.45, 7) is 5.95. The van der Waals surface area contributed by atoms with E-state index in [0.717, 1.165) is 6.26 Å². The highest BCUT2D eigenvalue weighted by Crippen LogP contribution is 2.27. The number of benzene rings is 2. The van der Waals surface area contributed by atoms with Crippen molar-refractivity contribution in [2.75, 3.05) is 37.4 Å². The molecule has 3 N–H and O–H groups in total. The Kier molecular flexibility index (Phi) is 18.2. The summed E-state index contributed by atoms with van der Waals surface area (Å²) in [7, 11) is 0. The quantitative estimate of drug-likeness (QED) is 0.0613. The summed E-state index contributed by atoms with van der Waals surface area (Å²) in [6.07, 6.45) is 1.11. The zero-order chi connectivity index (χ0) is 32.9. The highest BCUT2D eigenvalue weighted by Gasteiger charge is 2.19. The Balaban J connectivity index is 0.000000659. The second-order valence-electron chi connectivity index (χ2n) is 7.52. The van der Waals surface area contributed by atoms with E-state index in [1.807, 2.05) is 6.07 Å². The number of nitro benzene ring substituents is 2. The summed E-state index contributed by atoms with van der Waals surface area (Å²) in [5, 5.41) is 41.2. The molecule has 43 heavy (non-hydrogen) atoms. The number of nitro groups is 2. The maximum atomic E-state index is 11.4. The molecular formula is C26H28Cl2N6O9. The van der Waals surface area contributed by atoms with Crippen LogP contribution in [0, 0.1) is 48.8 Å². The molecule has 0 radical (unpaired) electrons. The van der Waals surface area contributed by atoms with Gasteiger partial charge >= 0.3 is 11.9 Å². The lowest BCUT2D eigenvalue weighted by Gasteiger charge is -2.11. The van der Waals surface area contributed by atoms with Gasteiger partial charge in [-0.2, -0.15) is 10.5 Å². The fraction of sp³-hybridized carbons (Fsp3) is 0.308. The lowest BCUT2D eigenvalue weighted by Crippen LogP contribution is -2.24. The van der Waals surface area contributed by atoms with E-state index in [2.05, 4.69) is 10.1 Å². The van der Waals surface area contributed by atoms with Crippen molar-refractivity contribution in [3.63, 3.8) is 0 Å². The number of carbonyl (C=O) groups is 2. The van der Waals surface area contributed by atoms with E-state index in [4.69, 9.17) is 48.9 Å². The molecule has 0 saturated carbocycles. The second kappa shape index (κ2) is 20.7. The molecule has 0 aliphatic carbocycles. The van der Waals surface area contributed by atoms with E-state index in [1.165, 1.54) is 36.4 Å². The molecule has 0 aliphatic heterocycles. The topological polar surface area (TPSA) is 234 Å². The fourth-order valence-corrected chi connectivity index (χ4v) is 2.94. The van der Waals surface area contributed by atoms with Gasteiger partial charge < -0.3 is 25.3 Å². The van der Waals surface area contributed by atoms with Gasteiger partial charge in [0.15, 0.2) is 11.5 Å². The Morgan fingerprint density at radius 1 is 0.977 bits per heavy atom. The van der Waals surface area contributed by atoms with Crippen molar-refractivity contribution in [2.45, 2.75) is 20.8 Å². The molecule has 0 aliphatic rings. The number of esters is 2. The summed E-state index contributed by atoms with van der Waals surface area (Å²) in [5.74, 6) is -2.24. The molecule has 230 valence electrons. The number of rotatable bonds is 11. The number of anilines is 2. The molecule has 1 atom stereocenters. The number of halogens is 2. The number of nitrogens with two attached hydrogens (primary N) is 1. The van der Waals surface area contributed by atoms with Crippen LogP contribution < -0.4 is 11.1 Å². The minimum atomic E-state index is -0.971. The number of hydrogen-bond acceptors (Lipinski definition) is 13. The molecule has 0 fully saturated rings. The van der Waals surface area contributed by atoms with Crippen molar-refractivity contribution >= 4 is 57.9 Å². The minimum absolute atomic E-state index is 0.00681. The van der Waals surface area contributed by atoms with E-state index in [-0.39, 0.29) is 46.8 Å². The molecule has 0 saturated heterocycles. The molecule has 2 aromatic rings. The number of nitrogens with zero attached hydrogens (tertiary/aromatic N) is 4. The van der Waals surface area contributed by atoms with Crippen LogP contribution in [0.25, 0.3) is 0 Å². The predicted octanol–water partition coefficient (Wildman–Crippen LogP) is 5.19. The molecule has 0 heterocycles. The van der Waals surface area contributed by atoms with E-state index < -0.39 is 27.7 Å². The first-order chi connectivity index (χ1) is 20.4. The van der Waals surface area contributed by atoms with Crippen LogP contribution in [0.4, 0.5) is 22.7 Å². The van der Waals surface area contributed by atoms with Crippen LogP contribution in [0.2, 0.25) is 10.0 Å². The van der Waals surface area contributed by atoms with Crippen molar-refractivity contribution in [1.82, 2.24) is 0 Å². The van der Waals surface area contributed by atoms with E-state index in [9.17, 15) is 29.8 Å². The van der Waals surface area contributed by atoms with Gasteiger partial charge in [-0.15, -0.1) is 0 Å². The van der Waals surface area contributed by atoms with Crippen molar-refractivity contribution in [3.8, 4) is 12.1 Å². The smallest absolute Gasteiger partial charge is 0.352 e. The Bertz CT molecular complexity index is 1390. The molecule has 0 bridgehead atoms. The Labute approximate surface area is 256 Å². The molecule has 0 aromatic heterocycles. The van der Waals surface area contributed by atoms with Gasteiger partial charge in [-0.1, -0.05) is 23.2 Å². The highest BCUT2D eigenvalue weighted by atomic mass is 35.5. The van der Waals surface area contributed by atoms with Crippen LogP contribution in [0.15, 0.2) is 48.2 Å². The third-order valence-corrected chi connectivity index (χ3v) is 5.21. The fourth-order valence-electron chi connectivity index (χ4n) is 2.52. The van der Waals surface area contributed by atoms with E-state index >= 15 is 0 Å². The first-order valence-electron chi connectivity index (χ1n) is 12.2. The first-order valence-corrected chi connectivity index (χ1v) is 12.9.